The lowest BCUT2D eigenvalue weighted by Gasteiger charge is -1.95. The molecule has 0 nitrogen and oxygen atoms in total. The molecule has 1 rings (SSSR count). The maximum atomic E-state index is 4.98. The number of rotatable bonds is 2. The van der Waals surface area contributed by atoms with Crippen molar-refractivity contribution in [2.24, 2.45) is 0 Å². The zero-order chi connectivity index (χ0) is 7.40. The largest absolute Gasteiger partial charge is 0.0896 e. The molecule has 0 saturated carbocycles. The average Bonchev–Trinajstić information content (AvgIpc) is 1.88. The van der Waals surface area contributed by atoms with Gasteiger partial charge < -0.3 is 0 Å². The molecular formula is C9H10S. The fourth-order valence-corrected chi connectivity index (χ4v) is 1.05. The van der Waals surface area contributed by atoms with E-state index in [9.17, 15) is 0 Å². The second-order valence-electron chi connectivity index (χ2n) is 2.36. The minimum absolute atomic E-state index is 0.927. The third-order valence-corrected chi connectivity index (χ3v) is 1.44. The molecule has 0 amide bonds. The number of thiocarbonyl (C=S) groups is 1. The van der Waals surface area contributed by atoms with E-state index in [1.807, 2.05) is 25.1 Å². The second kappa shape index (κ2) is 3.47. The minimum Gasteiger partial charge on any atom is -0.0896 e. The third kappa shape index (κ3) is 2.28. The van der Waals surface area contributed by atoms with Crippen LogP contribution in [0.5, 0.6) is 0 Å². The molecule has 0 aliphatic rings. The Morgan fingerprint density at radius 3 is 2.40 bits per heavy atom. The van der Waals surface area contributed by atoms with E-state index in [4.69, 9.17) is 12.2 Å². The maximum absolute atomic E-state index is 4.98. The molecule has 1 aromatic carbocycles. The van der Waals surface area contributed by atoms with Gasteiger partial charge in [-0.05, 0) is 17.4 Å². The van der Waals surface area contributed by atoms with Crippen LogP contribution in [0.2, 0.25) is 0 Å². The Hall–Kier alpha value is -0.690. The second-order valence-corrected chi connectivity index (χ2v) is 3.06. The van der Waals surface area contributed by atoms with Gasteiger partial charge in [0.25, 0.3) is 0 Å². The van der Waals surface area contributed by atoms with E-state index in [2.05, 4.69) is 12.1 Å². The first kappa shape index (κ1) is 7.42. The lowest BCUT2D eigenvalue weighted by Crippen LogP contribution is -1.91. The van der Waals surface area contributed by atoms with Gasteiger partial charge in [-0.3, -0.25) is 0 Å². The molecule has 0 saturated heterocycles. The van der Waals surface area contributed by atoms with Crippen molar-refractivity contribution < 1.29 is 0 Å². The highest BCUT2D eigenvalue weighted by molar-refractivity contribution is 7.80. The van der Waals surface area contributed by atoms with Crippen LogP contribution in [0.3, 0.4) is 0 Å². The zero-order valence-corrected chi connectivity index (χ0v) is 6.82. The highest BCUT2D eigenvalue weighted by atomic mass is 32.1. The lowest BCUT2D eigenvalue weighted by atomic mass is 10.1. The van der Waals surface area contributed by atoms with Gasteiger partial charge in [0.2, 0.25) is 0 Å². The standard InChI is InChI=1S/C9H10S/c1-8(10)7-9-5-3-2-4-6-9/h2-6H,7H2,1H3. The summed E-state index contributed by atoms with van der Waals surface area (Å²) in [6.07, 6.45) is 0.927. The van der Waals surface area contributed by atoms with Gasteiger partial charge >= 0.3 is 0 Å². The van der Waals surface area contributed by atoms with Crippen LogP contribution in [-0.2, 0) is 6.42 Å². The predicted octanol–water partition coefficient (Wildman–Crippen LogP) is 2.62. The van der Waals surface area contributed by atoms with Crippen molar-refractivity contribution in [2.75, 3.05) is 0 Å². The van der Waals surface area contributed by atoms with E-state index in [1.165, 1.54) is 5.56 Å². The van der Waals surface area contributed by atoms with Gasteiger partial charge in [-0.2, -0.15) is 0 Å². The summed E-state index contributed by atoms with van der Waals surface area (Å²) < 4.78 is 0. The molecule has 0 radical (unpaired) electrons. The quantitative estimate of drug-likeness (QED) is 0.584. The Balaban J connectivity index is 2.67. The van der Waals surface area contributed by atoms with E-state index in [1.54, 1.807) is 0 Å². The molecule has 0 fully saturated rings. The predicted molar refractivity (Wildman–Crippen MR) is 48.4 cm³/mol. The first-order valence-electron chi connectivity index (χ1n) is 3.32. The van der Waals surface area contributed by atoms with Crippen LogP contribution >= 0.6 is 12.2 Å². The van der Waals surface area contributed by atoms with Crippen molar-refractivity contribution in [2.45, 2.75) is 13.3 Å². The Morgan fingerprint density at radius 1 is 1.30 bits per heavy atom. The summed E-state index contributed by atoms with van der Waals surface area (Å²) in [5, 5.41) is 0. The first-order valence-corrected chi connectivity index (χ1v) is 3.73. The van der Waals surface area contributed by atoms with Gasteiger partial charge in [-0.25, -0.2) is 0 Å². The van der Waals surface area contributed by atoms with E-state index < -0.39 is 0 Å². The van der Waals surface area contributed by atoms with Crippen molar-refractivity contribution in [1.29, 1.82) is 0 Å². The first-order chi connectivity index (χ1) is 4.79. The molecule has 10 heavy (non-hydrogen) atoms. The van der Waals surface area contributed by atoms with Gasteiger partial charge in [-0.15, -0.1) is 0 Å². The van der Waals surface area contributed by atoms with Crippen LogP contribution < -0.4 is 0 Å². The molecular weight excluding hydrogens is 140 g/mol. The Kier molecular flexibility index (Phi) is 2.57. The minimum atomic E-state index is 0.927. The van der Waals surface area contributed by atoms with E-state index in [-0.39, 0.29) is 0 Å². The van der Waals surface area contributed by atoms with E-state index >= 15 is 0 Å². The molecule has 0 aromatic heterocycles. The van der Waals surface area contributed by atoms with E-state index in [0.29, 0.717) is 0 Å². The Labute approximate surface area is 66.9 Å². The molecule has 0 heterocycles. The van der Waals surface area contributed by atoms with Crippen LogP contribution in [0, 0.1) is 0 Å². The van der Waals surface area contributed by atoms with Crippen molar-refractivity contribution in [3.8, 4) is 0 Å². The highest BCUT2D eigenvalue weighted by Crippen LogP contribution is 2.00. The van der Waals surface area contributed by atoms with Gasteiger partial charge in [0.1, 0.15) is 0 Å². The summed E-state index contributed by atoms with van der Waals surface area (Å²) in [6.45, 7) is 1.97. The molecule has 0 spiro atoms. The van der Waals surface area contributed by atoms with Crippen molar-refractivity contribution in [3.05, 3.63) is 35.9 Å². The molecule has 0 unspecified atom stereocenters. The fourth-order valence-electron chi connectivity index (χ4n) is 0.883. The van der Waals surface area contributed by atoms with Gasteiger partial charge in [0.15, 0.2) is 0 Å². The van der Waals surface area contributed by atoms with Crippen molar-refractivity contribution in [3.63, 3.8) is 0 Å². The van der Waals surface area contributed by atoms with Gasteiger partial charge in [0.05, 0.1) is 0 Å². The Morgan fingerprint density at radius 2 is 1.90 bits per heavy atom. The smallest absolute Gasteiger partial charge is 0.00353 e. The highest BCUT2D eigenvalue weighted by Gasteiger charge is 1.90. The third-order valence-electron chi connectivity index (χ3n) is 1.30. The summed E-state index contributed by atoms with van der Waals surface area (Å²) in [5.74, 6) is 0. The Bertz CT molecular complexity index is 213. The molecule has 0 aliphatic carbocycles. The van der Waals surface area contributed by atoms with Crippen molar-refractivity contribution >= 4 is 17.1 Å². The topological polar surface area (TPSA) is 0 Å². The average molecular weight is 150 g/mol. The van der Waals surface area contributed by atoms with Crippen LogP contribution in [0.25, 0.3) is 0 Å². The van der Waals surface area contributed by atoms with Crippen molar-refractivity contribution in [1.82, 2.24) is 0 Å². The lowest BCUT2D eigenvalue weighted by molar-refractivity contribution is 1.34. The molecule has 0 atom stereocenters. The van der Waals surface area contributed by atoms with Crippen LogP contribution in [0.4, 0.5) is 0 Å². The summed E-state index contributed by atoms with van der Waals surface area (Å²) in [6, 6.07) is 10.3. The summed E-state index contributed by atoms with van der Waals surface area (Å²) >= 11 is 4.98. The number of benzene rings is 1. The molecule has 1 heteroatoms. The summed E-state index contributed by atoms with van der Waals surface area (Å²) in [4.78, 5) is 1.05. The monoisotopic (exact) mass is 150 g/mol. The van der Waals surface area contributed by atoms with Gasteiger partial charge in [-0.1, -0.05) is 42.5 Å². The molecule has 1 aromatic rings. The fraction of sp³-hybridized carbons (Fsp3) is 0.222. The van der Waals surface area contributed by atoms with Crippen LogP contribution in [0.1, 0.15) is 12.5 Å². The molecule has 0 N–H and O–H groups in total. The summed E-state index contributed by atoms with van der Waals surface area (Å²) in [5.41, 5.74) is 1.30. The molecule has 0 aliphatic heterocycles. The normalized spacial score (nSPS) is 9.30. The maximum Gasteiger partial charge on any atom is 0.00353 e. The molecule has 0 bridgehead atoms. The zero-order valence-electron chi connectivity index (χ0n) is 6.00. The number of hydrogen-bond donors (Lipinski definition) is 0. The van der Waals surface area contributed by atoms with Gasteiger partial charge in [0, 0.05) is 6.42 Å². The molecule has 52 valence electrons. The number of hydrogen-bond acceptors (Lipinski definition) is 1. The van der Waals surface area contributed by atoms with E-state index in [0.717, 1.165) is 11.3 Å². The SMILES string of the molecule is CC(=S)Cc1ccccc1. The van der Waals surface area contributed by atoms with Crippen LogP contribution in [0.15, 0.2) is 30.3 Å². The summed E-state index contributed by atoms with van der Waals surface area (Å²) in [7, 11) is 0. The van der Waals surface area contributed by atoms with Crippen LogP contribution in [-0.4, -0.2) is 4.86 Å².